The quantitative estimate of drug-likeness (QED) is 0.420. The Morgan fingerprint density at radius 1 is 1.06 bits per heavy atom. The average Bonchev–Trinajstić information content (AvgIpc) is 3.55. The van der Waals surface area contributed by atoms with Crippen LogP contribution in [0.15, 0.2) is 70.4 Å². The first-order valence-electron chi connectivity index (χ1n) is 9.76. The number of aryl methyl sites for hydroxylation is 1. The van der Waals surface area contributed by atoms with E-state index in [1.807, 2.05) is 13.0 Å². The predicted molar refractivity (Wildman–Crippen MR) is 112 cm³/mol. The molecule has 2 aromatic carbocycles. The Kier molecular flexibility index (Phi) is 5.11. The van der Waals surface area contributed by atoms with Crippen LogP contribution in [0, 0.1) is 6.92 Å². The molecule has 0 radical (unpaired) electrons. The Bertz CT molecular complexity index is 1340. The van der Waals surface area contributed by atoms with Crippen LogP contribution in [0.1, 0.15) is 16.9 Å². The molecule has 5 rings (SSSR count). The summed E-state index contributed by atoms with van der Waals surface area (Å²) >= 11 is 0. The Balaban J connectivity index is 1.49. The van der Waals surface area contributed by atoms with Crippen LogP contribution in [0.2, 0.25) is 0 Å². The van der Waals surface area contributed by atoms with E-state index >= 15 is 0 Å². The van der Waals surface area contributed by atoms with Gasteiger partial charge in [0, 0.05) is 6.54 Å². The molecule has 0 atom stereocenters. The largest absolute Gasteiger partial charge is 0.468 e. The third-order valence-electron chi connectivity index (χ3n) is 5.11. The standard InChI is InChI=1S/C21H19N5O5S/c1-15-9-18(5-6-19(15)26-13-22-23-24-26)32(27,28)25(12-17-3-2-8-29-17)11-16-4-7-20-21(10-16)31-14-30-20/h2-10,13H,11-12,14H2,1H3. The monoisotopic (exact) mass is 453 g/mol. The van der Waals surface area contributed by atoms with Crippen molar-refractivity contribution in [3.63, 3.8) is 0 Å². The lowest BCUT2D eigenvalue weighted by atomic mass is 10.2. The first kappa shape index (κ1) is 20.2. The van der Waals surface area contributed by atoms with Crippen molar-refractivity contribution < 1.29 is 22.3 Å². The number of tetrazole rings is 1. The van der Waals surface area contributed by atoms with E-state index in [0.29, 0.717) is 22.9 Å². The van der Waals surface area contributed by atoms with E-state index < -0.39 is 10.0 Å². The molecule has 3 heterocycles. The molecule has 0 N–H and O–H groups in total. The maximum absolute atomic E-state index is 13.6. The smallest absolute Gasteiger partial charge is 0.243 e. The number of nitrogens with zero attached hydrogens (tertiary/aromatic N) is 5. The summed E-state index contributed by atoms with van der Waals surface area (Å²) in [5.41, 5.74) is 2.19. The molecule has 10 nitrogen and oxygen atoms in total. The molecule has 32 heavy (non-hydrogen) atoms. The minimum Gasteiger partial charge on any atom is -0.468 e. The van der Waals surface area contributed by atoms with Crippen molar-refractivity contribution in [1.29, 1.82) is 0 Å². The third-order valence-corrected chi connectivity index (χ3v) is 6.90. The van der Waals surface area contributed by atoms with Crippen LogP contribution < -0.4 is 9.47 Å². The molecular formula is C21H19N5O5S. The van der Waals surface area contributed by atoms with Crippen molar-refractivity contribution in [2.24, 2.45) is 0 Å². The number of sulfonamides is 1. The van der Waals surface area contributed by atoms with Crippen LogP contribution in [0.25, 0.3) is 5.69 Å². The van der Waals surface area contributed by atoms with Crippen molar-refractivity contribution in [3.05, 3.63) is 78.0 Å². The summed E-state index contributed by atoms with van der Waals surface area (Å²) in [6, 6.07) is 13.7. The van der Waals surface area contributed by atoms with E-state index in [1.165, 1.54) is 21.6 Å². The first-order chi connectivity index (χ1) is 15.5. The molecule has 0 bridgehead atoms. The van der Waals surface area contributed by atoms with Gasteiger partial charge in [0.2, 0.25) is 16.8 Å². The summed E-state index contributed by atoms with van der Waals surface area (Å²) in [6.07, 6.45) is 2.98. The maximum Gasteiger partial charge on any atom is 0.243 e. The van der Waals surface area contributed by atoms with E-state index in [1.54, 1.807) is 42.5 Å². The van der Waals surface area contributed by atoms with E-state index in [0.717, 1.165) is 11.1 Å². The van der Waals surface area contributed by atoms with Crippen molar-refractivity contribution in [2.45, 2.75) is 24.9 Å². The summed E-state index contributed by atoms with van der Waals surface area (Å²) in [5.74, 6) is 1.78. The summed E-state index contributed by atoms with van der Waals surface area (Å²) in [5, 5.41) is 11.1. The van der Waals surface area contributed by atoms with E-state index in [4.69, 9.17) is 13.9 Å². The fourth-order valence-electron chi connectivity index (χ4n) is 3.51. The number of benzene rings is 2. The SMILES string of the molecule is Cc1cc(S(=O)(=O)N(Cc2ccc3c(c2)OCO3)Cc2ccco2)ccc1-n1cnnn1. The Morgan fingerprint density at radius 3 is 2.69 bits per heavy atom. The summed E-state index contributed by atoms with van der Waals surface area (Å²) in [6.45, 7) is 2.18. The highest BCUT2D eigenvalue weighted by atomic mass is 32.2. The van der Waals surface area contributed by atoms with E-state index in [9.17, 15) is 8.42 Å². The van der Waals surface area contributed by atoms with Gasteiger partial charge >= 0.3 is 0 Å². The predicted octanol–water partition coefficient (Wildman–Crippen LogP) is 2.68. The van der Waals surface area contributed by atoms with E-state index in [2.05, 4.69) is 15.5 Å². The average molecular weight is 453 g/mol. The van der Waals surface area contributed by atoms with Crippen LogP contribution >= 0.6 is 0 Å². The van der Waals surface area contributed by atoms with Gasteiger partial charge in [-0.15, -0.1) is 5.10 Å². The number of fused-ring (bicyclic) bond motifs is 1. The molecule has 2 aromatic heterocycles. The van der Waals surface area contributed by atoms with Crippen molar-refractivity contribution in [2.75, 3.05) is 6.79 Å². The van der Waals surface area contributed by atoms with Crippen LogP contribution in [0.3, 0.4) is 0 Å². The number of rotatable bonds is 7. The number of hydrogen-bond acceptors (Lipinski definition) is 8. The first-order valence-corrected chi connectivity index (χ1v) is 11.2. The van der Waals surface area contributed by atoms with Gasteiger partial charge in [0.1, 0.15) is 12.1 Å². The Labute approximate surface area is 184 Å². The zero-order chi connectivity index (χ0) is 22.1. The maximum atomic E-state index is 13.6. The van der Waals surface area contributed by atoms with Crippen molar-refractivity contribution in [1.82, 2.24) is 24.5 Å². The number of hydrogen-bond donors (Lipinski definition) is 0. The lowest BCUT2D eigenvalue weighted by molar-refractivity contribution is 0.174. The zero-order valence-corrected chi connectivity index (χ0v) is 17.9. The minimum atomic E-state index is -3.86. The lowest BCUT2D eigenvalue weighted by Gasteiger charge is -2.22. The molecule has 1 aliphatic heterocycles. The topological polar surface area (TPSA) is 113 Å². The van der Waals surface area contributed by atoms with Crippen LogP contribution in [0.4, 0.5) is 0 Å². The molecule has 0 fully saturated rings. The second-order valence-electron chi connectivity index (χ2n) is 7.24. The van der Waals surface area contributed by atoms with Crippen LogP contribution in [-0.4, -0.2) is 39.7 Å². The van der Waals surface area contributed by atoms with Gasteiger partial charge in [0.05, 0.1) is 23.4 Å². The fourth-order valence-corrected chi connectivity index (χ4v) is 4.99. The van der Waals surface area contributed by atoms with E-state index in [-0.39, 0.29) is 24.8 Å². The molecule has 0 amide bonds. The second-order valence-corrected chi connectivity index (χ2v) is 9.18. The highest BCUT2D eigenvalue weighted by Gasteiger charge is 2.27. The van der Waals surface area contributed by atoms with Gasteiger partial charge < -0.3 is 13.9 Å². The van der Waals surface area contributed by atoms with Crippen LogP contribution in [-0.2, 0) is 23.1 Å². The van der Waals surface area contributed by atoms with Crippen molar-refractivity contribution in [3.8, 4) is 17.2 Å². The molecule has 164 valence electrons. The van der Waals surface area contributed by atoms with Crippen LogP contribution in [0.5, 0.6) is 11.5 Å². The van der Waals surface area contributed by atoms with Gasteiger partial charge in [0.15, 0.2) is 11.5 Å². The lowest BCUT2D eigenvalue weighted by Crippen LogP contribution is -2.30. The molecule has 0 spiro atoms. The fraction of sp³-hybridized carbons (Fsp3) is 0.190. The van der Waals surface area contributed by atoms with Gasteiger partial charge in [-0.25, -0.2) is 13.1 Å². The van der Waals surface area contributed by atoms with Gasteiger partial charge in [-0.05, 0) is 70.9 Å². The highest BCUT2D eigenvalue weighted by molar-refractivity contribution is 7.89. The van der Waals surface area contributed by atoms with Crippen molar-refractivity contribution >= 4 is 10.0 Å². The molecule has 0 unspecified atom stereocenters. The number of ether oxygens (including phenoxy) is 2. The molecule has 0 aliphatic carbocycles. The second kappa shape index (κ2) is 8.09. The summed E-state index contributed by atoms with van der Waals surface area (Å²) in [7, 11) is -3.86. The normalized spacial score (nSPS) is 13.1. The van der Waals surface area contributed by atoms with Gasteiger partial charge in [-0.1, -0.05) is 6.07 Å². The summed E-state index contributed by atoms with van der Waals surface area (Å²) in [4.78, 5) is 0.166. The van der Waals surface area contributed by atoms with Gasteiger partial charge in [-0.3, -0.25) is 0 Å². The Hall–Kier alpha value is -3.70. The number of aromatic nitrogens is 4. The molecule has 0 saturated heterocycles. The Morgan fingerprint density at radius 2 is 1.94 bits per heavy atom. The summed E-state index contributed by atoms with van der Waals surface area (Å²) < 4.78 is 46.3. The molecule has 11 heteroatoms. The molecule has 4 aromatic rings. The molecule has 0 saturated carbocycles. The minimum absolute atomic E-state index is 0.0809. The highest BCUT2D eigenvalue weighted by Crippen LogP contribution is 2.33. The molecule has 1 aliphatic rings. The third kappa shape index (κ3) is 3.83. The number of furan rings is 1. The van der Waals surface area contributed by atoms with Gasteiger partial charge in [0.25, 0.3) is 0 Å². The molecular weight excluding hydrogens is 434 g/mol. The zero-order valence-electron chi connectivity index (χ0n) is 17.1. The van der Waals surface area contributed by atoms with Gasteiger partial charge in [-0.2, -0.15) is 4.31 Å².